The lowest BCUT2D eigenvalue weighted by atomic mass is 10.1. The summed E-state index contributed by atoms with van der Waals surface area (Å²) in [5.41, 5.74) is 0.563. The van der Waals surface area contributed by atoms with Crippen LogP contribution in [-0.2, 0) is 16.0 Å². The molecule has 142 valence electrons. The molecule has 0 aliphatic rings. The van der Waals surface area contributed by atoms with Gasteiger partial charge >= 0.3 is 5.97 Å². The number of esters is 1. The van der Waals surface area contributed by atoms with Gasteiger partial charge < -0.3 is 14.9 Å². The van der Waals surface area contributed by atoms with E-state index in [9.17, 15) is 15.0 Å². The summed E-state index contributed by atoms with van der Waals surface area (Å²) in [7, 11) is 0. The predicted molar refractivity (Wildman–Crippen MR) is 101 cm³/mol. The van der Waals surface area contributed by atoms with Crippen LogP contribution < -0.4 is 0 Å². The van der Waals surface area contributed by atoms with E-state index >= 15 is 0 Å². The van der Waals surface area contributed by atoms with Crippen LogP contribution >= 0.6 is 0 Å². The third-order valence-corrected chi connectivity index (χ3v) is 4.46. The smallest absolute Gasteiger partial charge is 0.306 e. The molecule has 0 aliphatic heterocycles. The van der Waals surface area contributed by atoms with E-state index in [1.54, 1.807) is 0 Å². The predicted octanol–water partition coefficient (Wildman–Crippen LogP) is 5.49. The Morgan fingerprint density at radius 2 is 1.68 bits per heavy atom. The summed E-state index contributed by atoms with van der Waals surface area (Å²) < 4.78 is 5.42. The topological polar surface area (TPSA) is 66.8 Å². The number of phenols is 2. The van der Waals surface area contributed by atoms with E-state index in [0.29, 0.717) is 12.0 Å². The lowest BCUT2D eigenvalue weighted by molar-refractivity contribution is -0.148. The number of hydrogen-bond acceptors (Lipinski definition) is 4. The minimum Gasteiger partial charge on any atom is -0.508 e. The molecule has 0 radical (unpaired) electrons. The number of hydrogen-bond donors (Lipinski definition) is 2. The molecule has 1 unspecified atom stereocenters. The molecule has 2 N–H and O–H groups in total. The average Bonchev–Trinajstić information content (AvgIpc) is 2.58. The molecule has 4 heteroatoms. The summed E-state index contributed by atoms with van der Waals surface area (Å²) >= 11 is 0. The molecule has 1 aromatic rings. The highest BCUT2D eigenvalue weighted by Crippen LogP contribution is 2.23. The van der Waals surface area contributed by atoms with Crippen molar-refractivity contribution in [3.05, 3.63) is 23.8 Å². The molecule has 1 aromatic carbocycles. The van der Waals surface area contributed by atoms with Gasteiger partial charge in [-0.2, -0.15) is 0 Å². The number of unbranched alkanes of at least 4 members (excludes halogenated alkanes) is 7. The molecule has 0 saturated heterocycles. The van der Waals surface area contributed by atoms with Gasteiger partial charge in [0.2, 0.25) is 0 Å². The zero-order valence-corrected chi connectivity index (χ0v) is 15.8. The van der Waals surface area contributed by atoms with Crippen molar-refractivity contribution < 1.29 is 19.7 Å². The van der Waals surface area contributed by atoms with Crippen LogP contribution in [0.3, 0.4) is 0 Å². The van der Waals surface area contributed by atoms with Crippen LogP contribution in [0, 0.1) is 0 Å². The number of aromatic hydroxyl groups is 2. The van der Waals surface area contributed by atoms with Crippen LogP contribution in [0.2, 0.25) is 0 Å². The first kappa shape index (κ1) is 21.3. The summed E-state index contributed by atoms with van der Waals surface area (Å²) in [6.07, 6.45) is 11.6. The van der Waals surface area contributed by atoms with Crippen molar-refractivity contribution in [2.75, 3.05) is 0 Å². The molecule has 4 nitrogen and oxygen atoms in total. The Hall–Kier alpha value is -1.71. The zero-order chi connectivity index (χ0) is 18.5. The maximum atomic E-state index is 11.9. The molecule has 0 amide bonds. The van der Waals surface area contributed by atoms with Gasteiger partial charge in [-0.25, -0.2) is 0 Å². The number of carbonyl (C=O) groups excluding carboxylic acids is 1. The van der Waals surface area contributed by atoms with Gasteiger partial charge in [0.1, 0.15) is 11.5 Å². The molecular formula is C21H34O4. The lowest BCUT2D eigenvalue weighted by Gasteiger charge is -2.13. The van der Waals surface area contributed by atoms with Crippen LogP contribution in [0.25, 0.3) is 0 Å². The van der Waals surface area contributed by atoms with Crippen LogP contribution in [-0.4, -0.2) is 22.3 Å². The second kappa shape index (κ2) is 12.6. The fraction of sp³-hybridized carbons (Fsp3) is 0.667. The number of benzene rings is 1. The summed E-state index contributed by atoms with van der Waals surface area (Å²) in [6.45, 7) is 4.17. The Kier molecular flexibility index (Phi) is 10.8. The first-order valence-electron chi connectivity index (χ1n) is 9.73. The van der Waals surface area contributed by atoms with Gasteiger partial charge in [0.25, 0.3) is 0 Å². The Morgan fingerprint density at radius 3 is 2.36 bits per heavy atom. The van der Waals surface area contributed by atoms with Crippen LogP contribution in [0.1, 0.15) is 83.6 Å². The minimum absolute atomic E-state index is 0.0645. The second-order valence-electron chi connectivity index (χ2n) is 6.88. The molecule has 0 heterocycles. The van der Waals surface area contributed by atoms with Gasteiger partial charge in [-0.3, -0.25) is 4.79 Å². The highest BCUT2D eigenvalue weighted by Gasteiger charge is 2.11. The van der Waals surface area contributed by atoms with Crippen LogP contribution in [0.15, 0.2) is 18.2 Å². The van der Waals surface area contributed by atoms with Gasteiger partial charge in [-0.15, -0.1) is 0 Å². The second-order valence-corrected chi connectivity index (χ2v) is 6.88. The van der Waals surface area contributed by atoms with Crippen molar-refractivity contribution in [3.8, 4) is 11.5 Å². The molecule has 1 rings (SSSR count). The Morgan fingerprint density at radius 1 is 1.04 bits per heavy atom. The molecule has 0 spiro atoms. The standard InChI is InChI=1S/C21H34O4/c1-3-4-5-6-7-8-9-10-11-17(2)25-21(24)15-12-18-16-19(22)13-14-20(18)23/h13-14,16-17,22-23H,3-12,15H2,1-2H3. The number of ether oxygens (including phenoxy) is 1. The first-order chi connectivity index (χ1) is 12.0. The molecule has 25 heavy (non-hydrogen) atoms. The molecule has 0 aliphatic carbocycles. The number of carbonyl (C=O) groups is 1. The largest absolute Gasteiger partial charge is 0.508 e. The fourth-order valence-corrected chi connectivity index (χ4v) is 2.92. The molecule has 0 saturated carbocycles. The van der Waals surface area contributed by atoms with Crippen molar-refractivity contribution in [1.29, 1.82) is 0 Å². The first-order valence-corrected chi connectivity index (χ1v) is 9.73. The molecule has 0 bridgehead atoms. The number of phenolic OH excluding ortho intramolecular Hbond substituents is 2. The normalized spacial score (nSPS) is 12.1. The minimum atomic E-state index is -0.255. The van der Waals surface area contributed by atoms with Crippen molar-refractivity contribution in [2.45, 2.75) is 90.6 Å². The van der Waals surface area contributed by atoms with Gasteiger partial charge in [0.05, 0.1) is 6.10 Å². The SMILES string of the molecule is CCCCCCCCCCC(C)OC(=O)CCc1cc(O)ccc1O. The third kappa shape index (κ3) is 10.0. The number of aryl methyl sites for hydroxylation is 1. The summed E-state index contributed by atoms with van der Waals surface area (Å²) in [5, 5.41) is 19.1. The monoisotopic (exact) mass is 350 g/mol. The van der Waals surface area contributed by atoms with Gasteiger partial charge in [0.15, 0.2) is 0 Å². The highest BCUT2D eigenvalue weighted by atomic mass is 16.5. The van der Waals surface area contributed by atoms with Crippen LogP contribution in [0.4, 0.5) is 0 Å². The molecular weight excluding hydrogens is 316 g/mol. The van der Waals surface area contributed by atoms with E-state index in [-0.39, 0.29) is 30.0 Å². The van der Waals surface area contributed by atoms with Crippen molar-refractivity contribution >= 4 is 5.97 Å². The summed E-state index contributed by atoms with van der Waals surface area (Å²) in [5.74, 6) is -0.0726. The fourth-order valence-electron chi connectivity index (χ4n) is 2.92. The maximum absolute atomic E-state index is 11.9. The highest BCUT2D eigenvalue weighted by molar-refractivity contribution is 5.70. The Labute approximate surface area is 152 Å². The van der Waals surface area contributed by atoms with Gasteiger partial charge in [-0.05, 0) is 49.9 Å². The van der Waals surface area contributed by atoms with E-state index in [1.807, 2.05) is 6.92 Å². The van der Waals surface area contributed by atoms with Crippen LogP contribution in [0.5, 0.6) is 11.5 Å². The van der Waals surface area contributed by atoms with Crippen molar-refractivity contribution in [3.63, 3.8) is 0 Å². The zero-order valence-electron chi connectivity index (χ0n) is 15.8. The van der Waals surface area contributed by atoms with Gasteiger partial charge in [0, 0.05) is 6.42 Å². The van der Waals surface area contributed by atoms with E-state index in [0.717, 1.165) is 12.8 Å². The van der Waals surface area contributed by atoms with E-state index in [1.165, 1.54) is 63.1 Å². The Balaban J connectivity index is 2.10. The Bertz CT molecular complexity index is 499. The lowest BCUT2D eigenvalue weighted by Crippen LogP contribution is -2.15. The van der Waals surface area contributed by atoms with Crippen molar-refractivity contribution in [1.82, 2.24) is 0 Å². The third-order valence-electron chi connectivity index (χ3n) is 4.46. The summed E-state index contributed by atoms with van der Waals surface area (Å²) in [6, 6.07) is 4.33. The van der Waals surface area contributed by atoms with Gasteiger partial charge in [-0.1, -0.05) is 51.9 Å². The van der Waals surface area contributed by atoms with E-state index < -0.39 is 0 Å². The summed E-state index contributed by atoms with van der Waals surface area (Å²) in [4.78, 5) is 11.9. The maximum Gasteiger partial charge on any atom is 0.306 e. The van der Waals surface area contributed by atoms with E-state index in [4.69, 9.17) is 4.74 Å². The van der Waals surface area contributed by atoms with E-state index in [2.05, 4.69) is 6.92 Å². The quantitative estimate of drug-likeness (QED) is 0.280. The number of rotatable bonds is 13. The molecule has 0 aromatic heterocycles. The molecule has 0 fully saturated rings. The molecule has 1 atom stereocenters. The van der Waals surface area contributed by atoms with Crippen molar-refractivity contribution in [2.24, 2.45) is 0 Å². The average molecular weight is 350 g/mol.